The number of amides is 1. The first-order chi connectivity index (χ1) is 9.42. The molecule has 1 heterocycles. The van der Waals surface area contributed by atoms with Crippen LogP contribution < -0.4 is 5.32 Å². The fourth-order valence-corrected chi connectivity index (χ4v) is 3.32. The third kappa shape index (κ3) is 3.75. The van der Waals surface area contributed by atoms with Gasteiger partial charge in [-0.15, -0.1) is 0 Å². The van der Waals surface area contributed by atoms with Gasteiger partial charge in [0.15, 0.2) is 0 Å². The molecule has 20 heavy (non-hydrogen) atoms. The molecule has 6 nitrogen and oxygen atoms in total. The van der Waals surface area contributed by atoms with Gasteiger partial charge in [-0.25, -0.2) is 0 Å². The predicted molar refractivity (Wildman–Crippen MR) is 77.9 cm³/mol. The summed E-state index contributed by atoms with van der Waals surface area (Å²) in [6.45, 7) is 3.69. The van der Waals surface area contributed by atoms with Crippen LogP contribution in [0.25, 0.3) is 0 Å². The third-order valence-corrected chi connectivity index (χ3v) is 4.80. The number of aromatic amines is 1. The molecular formula is C13H19N3O3S. The molecule has 2 rings (SSSR count). The number of carbonyl (C=O) groups excluding carboxylic acids is 1. The van der Waals surface area contributed by atoms with Crippen molar-refractivity contribution in [2.24, 2.45) is 5.41 Å². The minimum Gasteiger partial charge on any atom is -0.481 e. The number of hydrogen-bond donors (Lipinski definition) is 3. The van der Waals surface area contributed by atoms with Crippen LogP contribution in [0.2, 0.25) is 0 Å². The number of nitrogens with one attached hydrogen (secondary N) is 2. The van der Waals surface area contributed by atoms with Gasteiger partial charge in [-0.05, 0) is 37.9 Å². The van der Waals surface area contributed by atoms with Crippen molar-refractivity contribution in [2.75, 3.05) is 16.8 Å². The summed E-state index contributed by atoms with van der Waals surface area (Å²) in [6, 6.07) is 0. The third-order valence-electron chi connectivity index (χ3n) is 3.52. The predicted octanol–water partition coefficient (Wildman–Crippen LogP) is 1.95. The van der Waals surface area contributed by atoms with Crippen molar-refractivity contribution in [1.29, 1.82) is 0 Å². The summed E-state index contributed by atoms with van der Waals surface area (Å²) < 4.78 is 0. The van der Waals surface area contributed by atoms with Crippen LogP contribution in [-0.2, 0) is 9.59 Å². The molecule has 0 atom stereocenters. The Hall–Kier alpha value is -1.50. The van der Waals surface area contributed by atoms with Crippen LogP contribution in [0.3, 0.4) is 0 Å². The van der Waals surface area contributed by atoms with Crippen molar-refractivity contribution >= 4 is 29.3 Å². The standard InChI is InChI=1S/C13H19N3O3S/c1-8-12(9(2)16-15-8)14-10(17)6-20-7-13(3-4-13)5-11(18)19/h3-7H2,1-2H3,(H,14,17)(H,15,16)(H,18,19). The van der Waals surface area contributed by atoms with Gasteiger partial charge in [0.05, 0.1) is 29.2 Å². The van der Waals surface area contributed by atoms with Gasteiger partial charge in [0, 0.05) is 0 Å². The van der Waals surface area contributed by atoms with Crippen LogP contribution >= 0.6 is 11.8 Å². The van der Waals surface area contributed by atoms with Crippen molar-refractivity contribution in [1.82, 2.24) is 10.2 Å². The zero-order valence-corrected chi connectivity index (χ0v) is 12.5. The Morgan fingerprint density at radius 2 is 2.15 bits per heavy atom. The highest BCUT2D eigenvalue weighted by molar-refractivity contribution is 8.00. The van der Waals surface area contributed by atoms with Crippen LogP contribution in [0.5, 0.6) is 0 Å². The molecule has 0 unspecified atom stereocenters. The van der Waals surface area contributed by atoms with Crippen LogP contribution in [0.4, 0.5) is 5.69 Å². The summed E-state index contributed by atoms with van der Waals surface area (Å²) in [5.41, 5.74) is 2.27. The van der Waals surface area contributed by atoms with Crippen LogP contribution in [0.1, 0.15) is 30.7 Å². The monoisotopic (exact) mass is 297 g/mol. The molecule has 0 radical (unpaired) electrons. The number of H-pyrrole nitrogens is 1. The Morgan fingerprint density at radius 3 is 2.65 bits per heavy atom. The van der Waals surface area contributed by atoms with E-state index in [1.807, 2.05) is 13.8 Å². The van der Waals surface area contributed by atoms with Gasteiger partial charge >= 0.3 is 5.97 Å². The molecule has 1 amide bonds. The normalized spacial score (nSPS) is 15.9. The molecule has 0 aliphatic heterocycles. The van der Waals surface area contributed by atoms with Gasteiger partial charge in [-0.2, -0.15) is 16.9 Å². The zero-order valence-electron chi connectivity index (χ0n) is 11.7. The molecule has 0 aromatic carbocycles. The summed E-state index contributed by atoms with van der Waals surface area (Å²) in [4.78, 5) is 22.6. The lowest BCUT2D eigenvalue weighted by molar-refractivity contribution is -0.138. The van der Waals surface area contributed by atoms with Gasteiger partial charge in [0.2, 0.25) is 5.91 Å². The highest BCUT2D eigenvalue weighted by Crippen LogP contribution is 2.50. The highest BCUT2D eigenvalue weighted by atomic mass is 32.2. The lowest BCUT2D eigenvalue weighted by atomic mass is 10.1. The molecule has 1 saturated carbocycles. The number of aromatic nitrogens is 2. The number of carbonyl (C=O) groups is 2. The van der Waals surface area contributed by atoms with E-state index in [9.17, 15) is 9.59 Å². The van der Waals surface area contributed by atoms with E-state index in [-0.39, 0.29) is 17.7 Å². The highest BCUT2D eigenvalue weighted by Gasteiger charge is 2.44. The Labute approximate surface area is 121 Å². The first-order valence-corrected chi connectivity index (χ1v) is 7.68. The molecule has 1 aliphatic rings. The summed E-state index contributed by atoms with van der Waals surface area (Å²) in [6.07, 6.45) is 2.11. The van der Waals surface area contributed by atoms with Crippen LogP contribution in [0.15, 0.2) is 0 Å². The largest absolute Gasteiger partial charge is 0.481 e. The number of hydrogen-bond acceptors (Lipinski definition) is 4. The van der Waals surface area contributed by atoms with E-state index >= 15 is 0 Å². The topological polar surface area (TPSA) is 95.1 Å². The fraction of sp³-hybridized carbons (Fsp3) is 0.615. The van der Waals surface area contributed by atoms with Crippen LogP contribution in [0, 0.1) is 19.3 Å². The fourth-order valence-electron chi connectivity index (χ4n) is 2.14. The van der Waals surface area contributed by atoms with Gasteiger partial charge in [0.1, 0.15) is 0 Å². The Bertz CT molecular complexity index is 503. The number of nitrogens with zero attached hydrogens (tertiary/aromatic N) is 1. The maximum absolute atomic E-state index is 11.9. The van der Waals surface area contributed by atoms with Crippen molar-refractivity contribution in [2.45, 2.75) is 33.1 Å². The summed E-state index contributed by atoms with van der Waals surface area (Å²) >= 11 is 1.50. The van der Waals surface area contributed by atoms with Gasteiger partial charge < -0.3 is 10.4 Å². The zero-order chi connectivity index (χ0) is 14.8. The number of thioether (sulfide) groups is 1. The molecule has 110 valence electrons. The van der Waals surface area contributed by atoms with Gasteiger partial charge in [-0.3, -0.25) is 14.7 Å². The summed E-state index contributed by atoms with van der Waals surface area (Å²) in [7, 11) is 0. The first kappa shape index (κ1) is 14.9. The number of carboxylic acid groups (broad SMARTS) is 1. The molecule has 7 heteroatoms. The molecule has 0 bridgehead atoms. The number of aliphatic carboxylic acids is 1. The van der Waals surface area contributed by atoms with Gasteiger partial charge in [-0.1, -0.05) is 0 Å². The second-order valence-corrected chi connectivity index (χ2v) is 6.41. The van der Waals surface area contributed by atoms with E-state index in [1.165, 1.54) is 11.8 Å². The van der Waals surface area contributed by atoms with E-state index in [0.29, 0.717) is 5.75 Å². The maximum Gasteiger partial charge on any atom is 0.303 e. The van der Waals surface area contributed by atoms with E-state index in [0.717, 1.165) is 35.7 Å². The molecule has 1 aromatic rings. The smallest absolute Gasteiger partial charge is 0.303 e. The number of carboxylic acids is 1. The molecule has 1 fully saturated rings. The Kier molecular flexibility index (Phi) is 4.37. The average molecular weight is 297 g/mol. The molecule has 1 aliphatic carbocycles. The lowest BCUT2D eigenvalue weighted by Crippen LogP contribution is -2.17. The maximum atomic E-state index is 11.9. The minimum atomic E-state index is -0.753. The van der Waals surface area contributed by atoms with Crippen molar-refractivity contribution in [3.8, 4) is 0 Å². The Balaban J connectivity index is 1.75. The van der Waals surface area contributed by atoms with Crippen molar-refractivity contribution in [3.05, 3.63) is 11.4 Å². The van der Waals surface area contributed by atoms with E-state index in [1.54, 1.807) is 0 Å². The molecule has 3 N–H and O–H groups in total. The average Bonchev–Trinajstić information content (AvgIpc) is 3.04. The first-order valence-electron chi connectivity index (χ1n) is 6.53. The lowest BCUT2D eigenvalue weighted by Gasteiger charge is -2.11. The van der Waals surface area contributed by atoms with E-state index < -0.39 is 5.97 Å². The SMILES string of the molecule is Cc1n[nH]c(C)c1NC(=O)CSCC1(CC(=O)O)CC1. The number of aryl methyl sites for hydroxylation is 2. The second kappa shape index (κ2) is 5.87. The quantitative estimate of drug-likeness (QED) is 0.715. The number of anilines is 1. The van der Waals surface area contributed by atoms with Crippen LogP contribution in [-0.4, -0.2) is 38.7 Å². The van der Waals surface area contributed by atoms with E-state index in [2.05, 4.69) is 15.5 Å². The summed E-state index contributed by atoms with van der Waals surface area (Å²) in [5.74, 6) is 0.243. The van der Waals surface area contributed by atoms with E-state index in [4.69, 9.17) is 5.11 Å². The molecule has 0 saturated heterocycles. The Morgan fingerprint density at radius 1 is 1.45 bits per heavy atom. The number of rotatable bonds is 7. The van der Waals surface area contributed by atoms with Crippen molar-refractivity contribution < 1.29 is 14.7 Å². The van der Waals surface area contributed by atoms with Gasteiger partial charge in [0.25, 0.3) is 0 Å². The van der Waals surface area contributed by atoms with Crippen molar-refractivity contribution in [3.63, 3.8) is 0 Å². The molecule has 1 aromatic heterocycles. The molecular weight excluding hydrogens is 278 g/mol. The minimum absolute atomic E-state index is 0.0712. The second-order valence-electron chi connectivity index (χ2n) is 5.42. The summed E-state index contributed by atoms with van der Waals surface area (Å²) in [5, 5.41) is 18.5. The molecule has 0 spiro atoms.